The minimum Gasteiger partial charge on any atom is -0.481 e. The normalized spacial score (nSPS) is 21.2. The first-order chi connectivity index (χ1) is 17.1. The number of anilines is 1. The van der Waals surface area contributed by atoms with Crippen molar-refractivity contribution in [2.24, 2.45) is 5.92 Å². The average Bonchev–Trinajstić information content (AvgIpc) is 3.35. The fraction of sp³-hybridized carbons (Fsp3) is 0.481. The highest BCUT2D eigenvalue weighted by molar-refractivity contribution is 5.67. The summed E-state index contributed by atoms with van der Waals surface area (Å²) in [5, 5.41) is 16.4. The number of carboxylic acid groups (broad SMARTS) is 1. The number of aliphatic carboxylic acids is 1. The molecule has 2 aromatic heterocycles. The Balaban J connectivity index is 1.09. The second-order valence-corrected chi connectivity index (χ2v) is 9.73. The van der Waals surface area contributed by atoms with Crippen LogP contribution < -0.4 is 4.90 Å². The molecule has 2 fully saturated rings. The van der Waals surface area contributed by atoms with E-state index in [2.05, 4.69) is 38.3 Å². The van der Waals surface area contributed by atoms with Crippen molar-refractivity contribution in [1.82, 2.24) is 20.2 Å². The summed E-state index contributed by atoms with van der Waals surface area (Å²) < 4.78 is 6.38. The van der Waals surface area contributed by atoms with E-state index >= 15 is 0 Å². The first kappa shape index (κ1) is 23.5. The zero-order chi connectivity index (χ0) is 24.0. The van der Waals surface area contributed by atoms with Gasteiger partial charge in [-0.15, -0.1) is 0 Å². The molecule has 35 heavy (non-hydrogen) atoms. The number of hydrogen-bond acceptors (Lipinski definition) is 6. The molecule has 1 saturated heterocycles. The number of piperidine rings is 1. The summed E-state index contributed by atoms with van der Waals surface area (Å²) in [5.41, 5.74) is 2.11. The van der Waals surface area contributed by atoms with Gasteiger partial charge in [-0.1, -0.05) is 30.3 Å². The van der Waals surface area contributed by atoms with Crippen molar-refractivity contribution in [2.75, 3.05) is 18.0 Å². The van der Waals surface area contributed by atoms with Gasteiger partial charge in [0.25, 0.3) is 0 Å². The first-order valence-corrected chi connectivity index (χ1v) is 12.7. The second kappa shape index (κ2) is 11.0. The van der Waals surface area contributed by atoms with Gasteiger partial charge in [0.1, 0.15) is 5.82 Å². The number of nitrogens with zero attached hydrogens (tertiary/aromatic N) is 4. The van der Waals surface area contributed by atoms with E-state index in [-0.39, 0.29) is 12.2 Å². The Kier molecular flexibility index (Phi) is 7.37. The predicted molar refractivity (Wildman–Crippen MR) is 133 cm³/mol. The van der Waals surface area contributed by atoms with Crippen LogP contribution in [0.15, 0.2) is 48.7 Å². The zero-order valence-electron chi connectivity index (χ0n) is 20.0. The first-order valence-electron chi connectivity index (χ1n) is 12.7. The lowest BCUT2D eigenvalue weighted by Gasteiger charge is -2.36. The summed E-state index contributed by atoms with van der Waals surface area (Å²) in [7, 11) is 0. The molecule has 0 bridgehead atoms. The summed E-state index contributed by atoms with van der Waals surface area (Å²) in [5.74, 6) is 2.12. The molecule has 8 heteroatoms. The molecular formula is C27H33N5O3. The molecule has 3 heterocycles. The molecule has 184 valence electrons. The van der Waals surface area contributed by atoms with Crippen molar-refractivity contribution in [2.45, 2.75) is 63.6 Å². The van der Waals surface area contributed by atoms with Gasteiger partial charge in [-0.2, -0.15) is 5.10 Å². The number of carbonyl (C=O) groups is 1. The van der Waals surface area contributed by atoms with Gasteiger partial charge in [-0.05, 0) is 62.1 Å². The number of rotatable bonds is 8. The molecule has 1 aromatic carbocycles. The van der Waals surface area contributed by atoms with Crippen LogP contribution in [0, 0.1) is 5.92 Å². The number of aromatic nitrogens is 4. The van der Waals surface area contributed by atoms with Crippen molar-refractivity contribution in [3.05, 3.63) is 60.0 Å². The van der Waals surface area contributed by atoms with Crippen LogP contribution in [0.1, 0.15) is 56.3 Å². The lowest BCUT2D eigenvalue weighted by atomic mass is 9.85. The number of benzene rings is 1. The van der Waals surface area contributed by atoms with E-state index in [1.165, 1.54) is 5.56 Å². The largest absolute Gasteiger partial charge is 0.481 e. The maximum atomic E-state index is 10.9. The lowest BCUT2D eigenvalue weighted by molar-refractivity contribution is -0.138. The molecule has 5 rings (SSSR count). The maximum absolute atomic E-state index is 10.9. The Hall–Kier alpha value is -3.26. The van der Waals surface area contributed by atoms with Crippen LogP contribution in [0.25, 0.3) is 11.4 Å². The number of ether oxygens (including phenoxy) is 1. The van der Waals surface area contributed by atoms with Crippen molar-refractivity contribution >= 4 is 11.8 Å². The Labute approximate surface area is 205 Å². The number of aromatic amines is 1. The molecule has 1 aliphatic heterocycles. The van der Waals surface area contributed by atoms with Crippen LogP contribution in [0.5, 0.6) is 0 Å². The van der Waals surface area contributed by atoms with E-state index in [9.17, 15) is 4.79 Å². The fourth-order valence-electron chi connectivity index (χ4n) is 5.21. The Morgan fingerprint density at radius 2 is 1.74 bits per heavy atom. The van der Waals surface area contributed by atoms with E-state index in [4.69, 9.17) is 14.8 Å². The molecule has 0 atom stereocenters. The standard InChI is InChI=1S/C27H33N5O3/c33-26(34)17-20-6-9-22(10-7-20)35-23-12-14-32(15-13-23)25-11-8-21(18-28-25)27-29-24(30-31-27)16-19-4-2-1-3-5-19/h1-5,8,11,18,20,22-23H,6-7,9-10,12-17H2,(H,33,34)(H,29,30,31)/t20-,22+. The van der Waals surface area contributed by atoms with Crippen LogP contribution in [-0.2, 0) is 16.0 Å². The smallest absolute Gasteiger partial charge is 0.303 e. The fourth-order valence-corrected chi connectivity index (χ4v) is 5.21. The van der Waals surface area contributed by atoms with Gasteiger partial charge >= 0.3 is 5.97 Å². The molecule has 0 unspecified atom stereocenters. The molecule has 2 N–H and O–H groups in total. The molecular weight excluding hydrogens is 442 g/mol. The van der Waals surface area contributed by atoms with Crippen LogP contribution in [0.4, 0.5) is 5.82 Å². The second-order valence-electron chi connectivity index (χ2n) is 9.73. The van der Waals surface area contributed by atoms with Gasteiger partial charge in [0.15, 0.2) is 11.6 Å². The summed E-state index contributed by atoms with van der Waals surface area (Å²) in [6, 6.07) is 14.3. The SMILES string of the molecule is O=C(O)C[C@H]1CC[C@@H](OC2CCN(c3ccc(-c4nc(Cc5ccccc5)n[nH]4)cn3)CC2)CC1. The third-order valence-corrected chi connectivity index (χ3v) is 7.17. The highest BCUT2D eigenvalue weighted by atomic mass is 16.5. The Bertz CT molecular complexity index is 1090. The topological polar surface area (TPSA) is 104 Å². The van der Waals surface area contributed by atoms with Crippen molar-refractivity contribution < 1.29 is 14.6 Å². The minimum atomic E-state index is -0.683. The maximum Gasteiger partial charge on any atom is 0.303 e. The van der Waals surface area contributed by atoms with Crippen LogP contribution in [-0.4, -0.2) is 56.5 Å². The minimum absolute atomic E-state index is 0.280. The van der Waals surface area contributed by atoms with Crippen molar-refractivity contribution in [1.29, 1.82) is 0 Å². The number of pyridine rings is 1. The van der Waals surface area contributed by atoms with Gasteiger partial charge in [0, 0.05) is 37.7 Å². The van der Waals surface area contributed by atoms with Crippen LogP contribution >= 0.6 is 0 Å². The monoisotopic (exact) mass is 475 g/mol. The van der Waals surface area contributed by atoms with E-state index in [0.29, 0.717) is 18.8 Å². The van der Waals surface area contributed by atoms with Gasteiger partial charge < -0.3 is 14.7 Å². The highest BCUT2D eigenvalue weighted by Gasteiger charge is 2.28. The van der Waals surface area contributed by atoms with Crippen molar-refractivity contribution in [3.63, 3.8) is 0 Å². The molecule has 0 radical (unpaired) electrons. The van der Waals surface area contributed by atoms with Crippen molar-refractivity contribution in [3.8, 4) is 11.4 Å². The molecule has 0 amide bonds. The van der Waals surface area contributed by atoms with E-state index in [1.807, 2.05) is 30.5 Å². The molecule has 2 aliphatic rings. The summed E-state index contributed by atoms with van der Waals surface area (Å²) >= 11 is 0. The summed E-state index contributed by atoms with van der Waals surface area (Å²) in [6.45, 7) is 1.85. The quantitative estimate of drug-likeness (QED) is 0.495. The van der Waals surface area contributed by atoms with E-state index in [0.717, 1.165) is 74.6 Å². The summed E-state index contributed by atoms with van der Waals surface area (Å²) in [6.07, 6.45) is 9.28. The predicted octanol–water partition coefficient (Wildman–Crippen LogP) is 4.48. The molecule has 0 spiro atoms. The third-order valence-electron chi connectivity index (χ3n) is 7.17. The van der Waals surface area contributed by atoms with E-state index < -0.39 is 5.97 Å². The van der Waals surface area contributed by atoms with Gasteiger partial charge in [-0.3, -0.25) is 9.89 Å². The number of nitrogens with one attached hydrogen (secondary N) is 1. The lowest BCUT2D eigenvalue weighted by Crippen LogP contribution is -2.39. The number of H-pyrrole nitrogens is 1. The third kappa shape index (κ3) is 6.25. The average molecular weight is 476 g/mol. The molecule has 1 aliphatic carbocycles. The van der Waals surface area contributed by atoms with E-state index in [1.54, 1.807) is 0 Å². The molecule has 1 saturated carbocycles. The highest BCUT2D eigenvalue weighted by Crippen LogP contribution is 2.31. The van der Waals surface area contributed by atoms with Gasteiger partial charge in [-0.25, -0.2) is 9.97 Å². The Morgan fingerprint density at radius 3 is 2.43 bits per heavy atom. The number of hydrogen-bond donors (Lipinski definition) is 2. The van der Waals surface area contributed by atoms with Gasteiger partial charge in [0.2, 0.25) is 0 Å². The van der Waals surface area contributed by atoms with Crippen LogP contribution in [0.2, 0.25) is 0 Å². The zero-order valence-corrected chi connectivity index (χ0v) is 20.0. The number of carboxylic acids is 1. The summed E-state index contributed by atoms with van der Waals surface area (Å²) in [4.78, 5) is 22.6. The van der Waals surface area contributed by atoms with Gasteiger partial charge in [0.05, 0.1) is 12.2 Å². The van der Waals surface area contributed by atoms with Crippen LogP contribution in [0.3, 0.4) is 0 Å². The molecule has 3 aromatic rings. The Morgan fingerprint density at radius 1 is 1.00 bits per heavy atom. The molecule has 8 nitrogen and oxygen atoms in total.